The van der Waals surface area contributed by atoms with Crippen molar-refractivity contribution < 1.29 is 57.6 Å². The van der Waals surface area contributed by atoms with E-state index >= 15 is 0 Å². The number of hydrogen-bond acceptors (Lipinski definition) is 17. The summed E-state index contributed by atoms with van der Waals surface area (Å²) in [6.45, 7) is 0. The van der Waals surface area contributed by atoms with Crippen LogP contribution in [0.2, 0.25) is 0 Å². The van der Waals surface area contributed by atoms with Crippen LogP contribution >= 0.6 is 0 Å². The maximum Gasteiger partial charge on any atom is 0.634 e. The highest BCUT2D eigenvalue weighted by atomic mass is 28.5. The van der Waals surface area contributed by atoms with Crippen molar-refractivity contribution in [1.82, 2.24) is 11.7 Å². The summed E-state index contributed by atoms with van der Waals surface area (Å²) in [7, 11) is 9.81. The van der Waals surface area contributed by atoms with Crippen molar-refractivity contribution in [2.24, 2.45) is 0 Å². The lowest BCUT2D eigenvalue weighted by Gasteiger charge is -2.22. The maximum atomic E-state index is 5.62. The van der Waals surface area contributed by atoms with Crippen molar-refractivity contribution >= 4 is 267 Å². The van der Waals surface area contributed by atoms with Crippen molar-refractivity contribution in [3.05, 3.63) is 0 Å². The smallest absolute Gasteiger partial charge is 0.471 e. The highest BCUT2D eigenvalue weighted by molar-refractivity contribution is 6.66. The molecule has 0 saturated heterocycles. The fourth-order valence-electron chi connectivity index (χ4n) is 1.88. The molecule has 0 bridgehead atoms. The van der Waals surface area contributed by atoms with E-state index in [-0.39, 0.29) is 49.6 Å². The van der Waals surface area contributed by atoms with E-state index in [1.54, 1.807) is 0 Å². The third kappa shape index (κ3) is 65.9. The molecule has 0 aromatic carbocycles. The zero-order chi connectivity index (χ0) is 34.8. The minimum Gasteiger partial charge on any atom is -0.471 e. The first-order chi connectivity index (χ1) is 20.5. The summed E-state index contributed by atoms with van der Waals surface area (Å²) in [5.41, 5.74) is 0. The van der Waals surface area contributed by atoms with Crippen molar-refractivity contribution in [3.63, 3.8) is 0 Å². The van der Waals surface area contributed by atoms with Crippen LogP contribution < -0.4 is 0 Å². The molecule has 0 radical (unpaired) electrons. The number of hydrogen-bond donors (Lipinski definition) is 0. The van der Waals surface area contributed by atoms with Gasteiger partial charge in [-0.3, -0.25) is 0 Å². The Morgan fingerprint density at radius 2 is 0.651 bits per heavy atom. The van der Waals surface area contributed by atoms with Gasteiger partial charge in [0.15, 0.2) is 0 Å². The van der Waals surface area contributed by atoms with Crippen LogP contribution in [0.5, 0.6) is 0 Å². The largest absolute Gasteiger partial charge is 0.634 e. The molecule has 0 saturated carbocycles. The van der Waals surface area contributed by atoms with Crippen LogP contribution in [0.1, 0.15) is 0 Å². The van der Waals surface area contributed by atoms with E-state index in [0.717, 1.165) is 94.4 Å². The van der Waals surface area contributed by atoms with Crippen LogP contribution in [-0.4, -0.2) is 278 Å². The van der Waals surface area contributed by atoms with E-state index < -0.39 is 39.1 Å². The third-order valence-electron chi connectivity index (χ3n) is 3.27. The van der Waals surface area contributed by atoms with Crippen LogP contribution in [-0.2, 0) is 57.6 Å². The van der Waals surface area contributed by atoms with E-state index in [2.05, 4.69) is 15.8 Å². The first kappa shape index (κ1) is 60.1. The average molecular weight is 1060 g/mol. The molecule has 0 aliphatic rings. The fourth-order valence-corrected chi connectivity index (χ4v) is 47.5. The van der Waals surface area contributed by atoms with Crippen molar-refractivity contribution in [2.75, 3.05) is 0 Å². The van der Waals surface area contributed by atoms with Gasteiger partial charge in [-0.05, 0) is 0 Å². The fraction of sp³-hybridized carbons (Fsp3) is 0. The zero-order valence-corrected chi connectivity index (χ0v) is 76.5. The Bertz CT molecular complexity index is 383. The molecule has 0 aromatic rings. The minimum atomic E-state index is -2.44. The Labute approximate surface area is 332 Å². The second-order valence-electron chi connectivity index (χ2n) is 7.98. The van der Waals surface area contributed by atoms with Gasteiger partial charge >= 0.3 is 9.05 Å². The Morgan fingerprint density at radius 1 is 0.372 bits per heavy atom. The molecule has 0 aliphatic carbocycles. The van der Waals surface area contributed by atoms with Gasteiger partial charge < -0.3 is 69.3 Å². The van der Waals surface area contributed by atoms with Gasteiger partial charge in [-0.15, -0.1) is 0 Å². The van der Waals surface area contributed by atoms with Gasteiger partial charge in [-0.2, -0.15) is 0 Å². The minimum absolute atomic E-state index is 0.175. The van der Waals surface area contributed by atoms with Crippen LogP contribution in [0, 0.1) is 0 Å². The molecule has 17 nitrogen and oxygen atoms in total. The van der Waals surface area contributed by atoms with E-state index in [0.29, 0.717) is 41.9 Å². The predicted octanol–water partition coefficient (Wildman–Crippen LogP) is -29.8. The Hall–Kier alpha value is 4.96. The molecule has 0 amide bonds. The summed E-state index contributed by atoms with van der Waals surface area (Å²) in [6, 6.07) is 0. The Balaban J connectivity index is -0.0000000985. The van der Waals surface area contributed by atoms with Crippen molar-refractivity contribution in [3.8, 4) is 0 Å². The second kappa shape index (κ2) is 56.3. The standard InChI is InChI=1S/H16N2OSi6.H15NO3Si6.H12O4Si5.H10O3Si4.H8O2Si3.H6OSi2/c4-1(5)8-3-9-2(6)7;5-2-8-1(9-3-6)10-4-7;5-1-9(2-6,3-7)4-8;4-1-6-3-7-2-5;3-1-5-2-4;2-1-3/h8-9H2,4-7H3;8-10H2,5-7H3;5-8H3;6-7H2,4-5H3;5H2,3-4H3;2-3H3. The van der Waals surface area contributed by atoms with E-state index in [9.17, 15) is 0 Å². The number of rotatable bonds is 20. The van der Waals surface area contributed by atoms with Gasteiger partial charge in [0.2, 0.25) is 49.6 Å². The molecule has 270 valence electrons. The topological polar surface area (TPSA) is 139 Å². The van der Waals surface area contributed by atoms with Gasteiger partial charge in [-0.25, -0.2) is 0 Å². The molecule has 0 spiro atoms. The number of nitrogens with zero attached hydrogens (tertiary/aromatic N) is 3. The lowest BCUT2D eigenvalue weighted by Crippen LogP contribution is -2.46. The van der Waals surface area contributed by atoms with E-state index in [1.165, 1.54) is 41.6 Å². The van der Waals surface area contributed by atoms with Crippen LogP contribution in [0.4, 0.5) is 0 Å². The van der Waals surface area contributed by atoms with Gasteiger partial charge in [-0.1, -0.05) is 0 Å². The molecule has 43 heteroatoms. The molecule has 0 heterocycles. The zero-order valence-electron chi connectivity index (χ0n) is 30.2. The lowest BCUT2D eigenvalue weighted by atomic mass is 13.8. The third-order valence-corrected chi connectivity index (χ3v) is 29.4. The van der Waals surface area contributed by atoms with E-state index in [1.807, 2.05) is 0 Å². The summed E-state index contributed by atoms with van der Waals surface area (Å²) < 4.78 is 78.0. The molecule has 0 fully saturated rings. The molecule has 0 atom stereocenters. The predicted molar refractivity (Wildman–Crippen MR) is 264 cm³/mol. The normalized spacial score (nSPS) is 14.9. The quantitative estimate of drug-likeness (QED) is 0.0843. The average Bonchev–Trinajstić information content (AvgIpc) is 2.97. The van der Waals surface area contributed by atoms with Gasteiger partial charge in [0.1, 0.15) is 136 Å². The highest BCUT2D eigenvalue weighted by Gasteiger charge is 2.37. The first-order valence-corrected chi connectivity index (χ1v) is 38.0. The maximum absolute atomic E-state index is 5.62. The van der Waals surface area contributed by atoms with Crippen molar-refractivity contribution in [2.45, 2.75) is 0 Å². The molecule has 0 rings (SSSR count). The monoisotopic (exact) mass is 1060 g/mol. The molecule has 0 aliphatic heterocycles. The van der Waals surface area contributed by atoms with Gasteiger partial charge in [0.05, 0.1) is 41.6 Å². The second-order valence-corrected chi connectivity index (χ2v) is 62.9. The SMILES string of the molecule is [SiH3]N([SiH3])[SiH2]O[SiH2]N([SiH3])[SiH3].[SiH3]O[SiH2]N([SiH2]O[SiH3])[SiH2]O[SiH3].[SiH3]O[SiH2]O[SiH2]O[SiH3].[SiH3]O[SiH2]O[SiH3].[SiH3]O[SiH3].[SiH3]O[Si](O[SiH3])(O[SiH3])O[SiH3]. The molecular weight excluding hydrogens is 996 g/mol. The highest BCUT2D eigenvalue weighted by Crippen LogP contribution is 2.02. The first-order valence-electron chi connectivity index (χ1n) is 12.7. The van der Waals surface area contributed by atoms with E-state index in [4.69, 9.17) is 53.5 Å². The molecule has 0 N–H and O–H groups in total. The Morgan fingerprint density at radius 3 is 0.791 bits per heavy atom. The lowest BCUT2D eigenvalue weighted by molar-refractivity contribution is 0.189. The van der Waals surface area contributed by atoms with Gasteiger partial charge in [0, 0.05) is 0 Å². The van der Waals surface area contributed by atoms with Gasteiger partial charge in [0.25, 0.3) is 30.0 Å². The van der Waals surface area contributed by atoms with Crippen LogP contribution in [0.15, 0.2) is 0 Å². The molecule has 43 heavy (non-hydrogen) atoms. The molecule has 0 aromatic heterocycles. The van der Waals surface area contributed by atoms with Crippen LogP contribution in [0.25, 0.3) is 0 Å². The summed E-state index contributed by atoms with van der Waals surface area (Å²) >= 11 is 0. The summed E-state index contributed by atoms with van der Waals surface area (Å²) in [4.78, 5) is 0. The molecular formula is H67N3O14Si26. The summed E-state index contributed by atoms with van der Waals surface area (Å²) in [5.74, 6) is 0. The van der Waals surface area contributed by atoms with Crippen LogP contribution in [0.3, 0.4) is 0 Å². The Kier molecular flexibility index (Phi) is 78.7. The summed E-state index contributed by atoms with van der Waals surface area (Å²) in [5, 5.41) is 0. The van der Waals surface area contributed by atoms with Crippen molar-refractivity contribution in [1.29, 1.82) is 0 Å². The summed E-state index contributed by atoms with van der Waals surface area (Å²) in [6.07, 6.45) is 0. The molecule has 0 unspecified atom stereocenters.